The predicted molar refractivity (Wildman–Crippen MR) is 136 cm³/mol. The van der Waals surface area contributed by atoms with Gasteiger partial charge in [-0.3, -0.25) is 14.4 Å². The van der Waals surface area contributed by atoms with Gasteiger partial charge in [0.2, 0.25) is 11.8 Å². The Hall–Kier alpha value is -4.13. The Balaban J connectivity index is 1.47. The van der Waals surface area contributed by atoms with Crippen molar-refractivity contribution < 1.29 is 14.4 Å². The van der Waals surface area contributed by atoms with E-state index in [2.05, 4.69) is 21.3 Å². The topological polar surface area (TPSA) is 99.3 Å². The van der Waals surface area contributed by atoms with E-state index in [1.54, 1.807) is 48.5 Å². The molecule has 0 saturated heterocycles. The number of carbonyl (C=O) groups is 3. The molecule has 0 radical (unpaired) electrons. The van der Waals surface area contributed by atoms with Gasteiger partial charge < -0.3 is 21.3 Å². The molecular formula is C27H30N4O3. The van der Waals surface area contributed by atoms with E-state index in [0.29, 0.717) is 42.0 Å². The molecule has 0 bridgehead atoms. The van der Waals surface area contributed by atoms with Gasteiger partial charge in [-0.15, -0.1) is 0 Å². The highest BCUT2D eigenvalue weighted by atomic mass is 16.2. The molecule has 0 heterocycles. The van der Waals surface area contributed by atoms with Crippen molar-refractivity contribution in [2.45, 2.75) is 26.2 Å². The molecule has 176 valence electrons. The zero-order valence-corrected chi connectivity index (χ0v) is 19.3. The molecule has 0 unspecified atom stereocenters. The first-order chi connectivity index (χ1) is 16.5. The van der Waals surface area contributed by atoms with Gasteiger partial charge in [0.05, 0.1) is 6.54 Å². The molecule has 3 aromatic rings. The molecule has 0 atom stereocenters. The van der Waals surface area contributed by atoms with Crippen molar-refractivity contribution in [3.8, 4) is 0 Å². The van der Waals surface area contributed by atoms with Crippen molar-refractivity contribution in [1.29, 1.82) is 0 Å². The molecule has 0 aromatic heterocycles. The number of nitrogens with one attached hydrogen (secondary N) is 4. The first-order valence-electron chi connectivity index (χ1n) is 11.4. The average molecular weight is 459 g/mol. The molecule has 7 nitrogen and oxygen atoms in total. The summed E-state index contributed by atoms with van der Waals surface area (Å²) in [7, 11) is 0. The summed E-state index contributed by atoms with van der Waals surface area (Å²) < 4.78 is 0. The van der Waals surface area contributed by atoms with Gasteiger partial charge >= 0.3 is 0 Å². The molecule has 7 heteroatoms. The highest BCUT2D eigenvalue weighted by Gasteiger charge is 2.08. The van der Waals surface area contributed by atoms with Crippen LogP contribution in [0.15, 0.2) is 78.9 Å². The fourth-order valence-electron chi connectivity index (χ4n) is 3.30. The van der Waals surface area contributed by atoms with Crippen LogP contribution in [0.25, 0.3) is 0 Å². The van der Waals surface area contributed by atoms with E-state index in [-0.39, 0.29) is 24.3 Å². The van der Waals surface area contributed by atoms with Crippen molar-refractivity contribution in [3.05, 3.63) is 90.0 Å². The maximum atomic E-state index is 12.4. The van der Waals surface area contributed by atoms with Gasteiger partial charge in [0.25, 0.3) is 5.91 Å². The second-order valence-electron chi connectivity index (χ2n) is 7.85. The third-order valence-electron chi connectivity index (χ3n) is 5.03. The lowest BCUT2D eigenvalue weighted by Gasteiger charge is -2.11. The van der Waals surface area contributed by atoms with E-state index in [4.69, 9.17) is 0 Å². The van der Waals surface area contributed by atoms with E-state index >= 15 is 0 Å². The number of hydrogen-bond acceptors (Lipinski definition) is 4. The maximum Gasteiger partial charge on any atom is 0.251 e. The number of benzene rings is 3. The summed E-state index contributed by atoms with van der Waals surface area (Å²) >= 11 is 0. The van der Waals surface area contributed by atoms with Crippen LogP contribution in [0.3, 0.4) is 0 Å². The van der Waals surface area contributed by atoms with E-state index in [0.717, 1.165) is 12.0 Å². The summed E-state index contributed by atoms with van der Waals surface area (Å²) in [6, 6.07) is 23.9. The minimum atomic E-state index is -0.242. The number of amides is 3. The molecule has 3 aromatic carbocycles. The summed E-state index contributed by atoms with van der Waals surface area (Å²) in [5.41, 5.74) is 3.53. The number of aryl methyl sites for hydroxylation is 1. The van der Waals surface area contributed by atoms with E-state index in [1.807, 2.05) is 37.3 Å². The monoisotopic (exact) mass is 458 g/mol. The Morgan fingerprint density at radius 3 is 2.15 bits per heavy atom. The zero-order chi connectivity index (χ0) is 24.2. The molecule has 3 amide bonds. The third-order valence-corrected chi connectivity index (χ3v) is 5.03. The van der Waals surface area contributed by atoms with Gasteiger partial charge in [-0.2, -0.15) is 0 Å². The second kappa shape index (κ2) is 12.8. The van der Waals surface area contributed by atoms with Gasteiger partial charge in [-0.25, -0.2) is 0 Å². The van der Waals surface area contributed by atoms with Crippen LogP contribution in [-0.4, -0.2) is 30.8 Å². The van der Waals surface area contributed by atoms with Crippen molar-refractivity contribution in [1.82, 2.24) is 5.32 Å². The van der Waals surface area contributed by atoms with Crippen LogP contribution >= 0.6 is 0 Å². The standard InChI is InChI=1S/C27H30N4O3/c1-2-16-28-27(34)21-10-6-11-22(17-21)29-19-26(33)31-24-13-7-12-23(18-24)30-25(32)15-14-20-8-4-3-5-9-20/h3-13,17-18,29H,2,14-16,19H2,1H3,(H,28,34)(H,30,32)(H,31,33). The summed E-state index contributed by atoms with van der Waals surface area (Å²) in [5.74, 6) is -0.470. The Morgan fingerprint density at radius 2 is 1.41 bits per heavy atom. The number of rotatable bonds is 11. The first kappa shape index (κ1) is 24.5. The summed E-state index contributed by atoms with van der Waals surface area (Å²) in [6.45, 7) is 2.64. The first-order valence-corrected chi connectivity index (χ1v) is 11.4. The minimum Gasteiger partial charge on any atom is -0.376 e. The van der Waals surface area contributed by atoms with Gasteiger partial charge in [0.1, 0.15) is 0 Å². The van der Waals surface area contributed by atoms with Crippen LogP contribution in [0.4, 0.5) is 17.1 Å². The van der Waals surface area contributed by atoms with Crippen LogP contribution < -0.4 is 21.3 Å². The largest absolute Gasteiger partial charge is 0.376 e. The summed E-state index contributed by atoms with van der Waals surface area (Å²) in [6.07, 6.45) is 1.90. The Labute approximate surface area is 200 Å². The predicted octanol–water partition coefficient (Wildman–Crippen LogP) is 4.45. The van der Waals surface area contributed by atoms with Gasteiger partial charge in [0, 0.05) is 35.6 Å². The Morgan fingerprint density at radius 1 is 0.735 bits per heavy atom. The van der Waals surface area contributed by atoms with Gasteiger partial charge in [0.15, 0.2) is 0 Å². The second-order valence-corrected chi connectivity index (χ2v) is 7.85. The van der Waals surface area contributed by atoms with E-state index < -0.39 is 0 Å². The molecule has 0 saturated carbocycles. The number of hydrogen-bond donors (Lipinski definition) is 4. The van der Waals surface area contributed by atoms with Gasteiger partial charge in [-0.1, -0.05) is 49.4 Å². The molecule has 0 spiro atoms. The quantitative estimate of drug-likeness (QED) is 0.341. The van der Waals surface area contributed by atoms with Crippen LogP contribution in [0.1, 0.15) is 35.7 Å². The van der Waals surface area contributed by atoms with Crippen LogP contribution in [0.2, 0.25) is 0 Å². The smallest absolute Gasteiger partial charge is 0.251 e. The highest BCUT2D eigenvalue weighted by Crippen LogP contribution is 2.16. The highest BCUT2D eigenvalue weighted by molar-refractivity contribution is 5.97. The van der Waals surface area contributed by atoms with Gasteiger partial charge in [-0.05, 0) is 54.8 Å². The van der Waals surface area contributed by atoms with Crippen LogP contribution in [0, 0.1) is 0 Å². The van der Waals surface area contributed by atoms with Crippen molar-refractivity contribution >= 4 is 34.8 Å². The van der Waals surface area contributed by atoms with Crippen LogP contribution in [0.5, 0.6) is 0 Å². The lowest BCUT2D eigenvalue weighted by molar-refractivity contribution is -0.116. The average Bonchev–Trinajstić information content (AvgIpc) is 2.86. The molecule has 34 heavy (non-hydrogen) atoms. The Kier molecular flexibility index (Phi) is 9.22. The summed E-state index contributed by atoms with van der Waals surface area (Å²) in [5, 5.41) is 11.6. The van der Waals surface area contributed by atoms with Crippen molar-refractivity contribution in [2.75, 3.05) is 29.0 Å². The third kappa shape index (κ3) is 8.09. The minimum absolute atomic E-state index is 0.0354. The molecule has 0 aliphatic rings. The molecule has 3 rings (SSSR count). The SMILES string of the molecule is CCCNC(=O)c1cccc(NCC(=O)Nc2cccc(NC(=O)CCc3ccccc3)c2)c1. The summed E-state index contributed by atoms with van der Waals surface area (Å²) in [4.78, 5) is 36.8. The number of anilines is 3. The fourth-order valence-corrected chi connectivity index (χ4v) is 3.30. The van der Waals surface area contributed by atoms with Crippen molar-refractivity contribution in [3.63, 3.8) is 0 Å². The van der Waals surface area contributed by atoms with Crippen molar-refractivity contribution in [2.24, 2.45) is 0 Å². The number of carbonyl (C=O) groups excluding carboxylic acids is 3. The maximum absolute atomic E-state index is 12.4. The molecule has 4 N–H and O–H groups in total. The normalized spacial score (nSPS) is 10.3. The Bertz CT molecular complexity index is 1120. The van der Waals surface area contributed by atoms with E-state index in [9.17, 15) is 14.4 Å². The zero-order valence-electron chi connectivity index (χ0n) is 19.3. The van der Waals surface area contributed by atoms with Crippen LogP contribution in [-0.2, 0) is 16.0 Å². The molecular weight excluding hydrogens is 428 g/mol. The fraction of sp³-hybridized carbons (Fsp3) is 0.222. The molecule has 0 fully saturated rings. The lowest BCUT2D eigenvalue weighted by Crippen LogP contribution is -2.24. The lowest BCUT2D eigenvalue weighted by atomic mass is 10.1. The van der Waals surface area contributed by atoms with E-state index in [1.165, 1.54) is 0 Å². The molecule has 0 aliphatic carbocycles. The molecule has 0 aliphatic heterocycles.